The Bertz CT molecular complexity index is 1460. The lowest BCUT2D eigenvalue weighted by Crippen LogP contribution is -2.42. The summed E-state index contributed by atoms with van der Waals surface area (Å²) in [6.07, 6.45) is 0. The van der Waals surface area contributed by atoms with Gasteiger partial charge in [0.15, 0.2) is 0 Å². The molecule has 0 saturated heterocycles. The molecule has 6 nitrogen and oxygen atoms in total. The minimum Gasteiger partial charge on any atom is -0.350 e. The predicted molar refractivity (Wildman–Crippen MR) is 126 cm³/mol. The molecule has 0 aliphatic heterocycles. The van der Waals surface area contributed by atoms with Crippen LogP contribution in [0.4, 0.5) is 4.39 Å². The van der Waals surface area contributed by atoms with Gasteiger partial charge in [-0.25, -0.2) is 9.18 Å². The van der Waals surface area contributed by atoms with Crippen molar-refractivity contribution in [2.45, 2.75) is 19.6 Å². The quantitative estimate of drug-likeness (QED) is 0.448. The highest BCUT2D eigenvalue weighted by molar-refractivity contribution is 6.31. The van der Waals surface area contributed by atoms with Gasteiger partial charge in [-0.05, 0) is 47.5 Å². The Hall–Kier alpha value is -3.42. The molecule has 1 amide bonds. The number of halogens is 3. The second-order valence-electron chi connectivity index (χ2n) is 7.42. The summed E-state index contributed by atoms with van der Waals surface area (Å²) in [5.41, 5.74) is 0.561. The number of nitrogens with one attached hydrogen (secondary N) is 1. The first-order valence-corrected chi connectivity index (χ1v) is 10.8. The van der Waals surface area contributed by atoms with Crippen molar-refractivity contribution in [2.24, 2.45) is 0 Å². The lowest BCUT2D eigenvalue weighted by molar-refractivity contribution is -0.121. The molecule has 0 fully saturated rings. The van der Waals surface area contributed by atoms with Crippen LogP contribution in [0.5, 0.6) is 0 Å². The lowest BCUT2D eigenvalue weighted by atomic mass is 10.2. The zero-order chi connectivity index (χ0) is 23.5. The maximum absolute atomic E-state index is 13.2. The van der Waals surface area contributed by atoms with Gasteiger partial charge in [0.2, 0.25) is 5.91 Å². The number of nitrogens with zero attached hydrogens (tertiary/aromatic N) is 2. The van der Waals surface area contributed by atoms with Crippen molar-refractivity contribution < 1.29 is 9.18 Å². The fourth-order valence-corrected chi connectivity index (χ4v) is 3.85. The largest absolute Gasteiger partial charge is 0.350 e. The maximum atomic E-state index is 13.2. The van der Waals surface area contributed by atoms with Crippen LogP contribution >= 0.6 is 23.2 Å². The van der Waals surface area contributed by atoms with Crippen LogP contribution < -0.4 is 16.6 Å². The smallest absolute Gasteiger partial charge is 0.332 e. The van der Waals surface area contributed by atoms with Crippen LogP contribution in [0.25, 0.3) is 10.9 Å². The molecule has 33 heavy (non-hydrogen) atoms. The standard InChI is InChI=1S/C24H18Cl2FN3O3/c25-17-8-5-15(6-9-17)13-30-23(32)19-3-1-2-4-21(19)29(24(30)33)14-22(31)28-12-16-7-10-18(27)11-20(16)26/h1-11H,12-14H2,(H,28,31). The third-order valence-electron chi connectivity index (χ3n) is 5.18. The van der Waals surface area contributed by atoms with Gasteiger partial charge < -0.3 is 5.32 Å². The number of carbonyl (C=O) groups excluding carboxylic acids is 1. The second-order valence-corrected chi connectivity index (χ2v) is 8.26. The molecule has 9 heteroatoms. The highest BCUT2D eigenvalue weighted by Gasteiger charge is 2.16. The summed E-state index contributed by atoms with van der Waals surface area (Å²) in [7, 11) is 0. The van der Waals surface area contributed by atoms with Gasteiger partial charge in [-0.15, -0.1) is 0 Å². The van der Waals surface area contributed by atoms with Crippen LogP contribution in [-0.4, -0.2) is 15.0 Å². The molecule has 1 heterocycles. The van der Waals surface area contributed by atoms with E-state index >= 15 is 0 Å². The van der Waals surface area contributed by atoms with Gasteiger partial charge >= 0.3 is 5.69 Å². The molecule has 0 aliphatic carbocycles. The molecule has 0 saturated carbocycles. The van der Waals surface area contributed by atoms with Crippen LogP contribution in [0.2, 0.25) is 10.0 Å². The van der Waals surface area contributed by atoms with Crippen LogP contribution in [0.15, 0.2) is 76.3 Å². The van der Waals surface area contributed by atoms with Gasteiger partial charge in [0.05, 0.1) is 17.4 Å². The van der Waals surface area contributed by atoms with Crippen LogP contribution in [-0.2, 0) is 24.4 Å². The summed E-state index contributed by atoms with van der Waals surface area (Å²) < 4.78 is 15.6. The van der Waals surface area contributed by atoms with E-state index in [0.29, 0.717) is 21.5 Å². The zero-order valence-electron chi connectivity index (χ0n) is 17.2. The molecule has 0 spiro atoms. The first-order valence-electron chi connectivity index (χ1n) is 10.0. The molecule has 0 atom stereocenters. The van der Waals surface area contributed by atoms with Crippen molar-refractivity contribution in [3.05, 3.63) is 115 Å². The predicted octanol–water partition coefficient (Wildman–Crippen LogP) is 3.97. The van der Waals surface area contributed by atoms with E-state index in [-0.39, 0.29) is 24.7 Å². The lowest BCUT2D eigenvalue weighted by Gasteiger charge is -2.14. The number of carbonyl (C=O) groups is 1. The number of aromatic nitrogens is 2. The Kier molecular flexibility index (Phi) is 6.62. The molecule has 3 aromatic carbocycles. The molecule has 0 aliphatic rings. The molecule has 0 bridgehead atoms. The maximum Gasteiger partial charge on any atom is 0.332 e. The highest BCUT2D eigenvalue weighted by atomic mass is 35.5. The van der Waals surface area contributed by atoms with E-state index in [9.17, 15) is 18.8 Å². The Balaban J connectivity index is 1.66. The SMILES string of the molecule is O=C(Cn1c(=O)n(Cc2ccc(Cl)cc2)c(=O)c2ccccc21)NCc1ccc(F)cc1Cl. The van der Waals surface area contributed by atoms with Gasteiger partial charge in [-0.3, -0.25) is 18.7 Å². The summed E-state index contributed by atoms with van der Waals surface area (Å²) in [6, 6.07) is 17.3. The van der Waals surface area contributed by atoms with Crippen molar-refractivity contribution >= 4 is 40.0 Å². The Morgan fingerprint density at radius 2 is 1.67 bits per heavy atom. The summed E-state index contributed by atoms with van der Waals surface area (Å²) in [4.78, 5) is 38.9. The molecular formula is C24H18Cl2FN3O3. The molecule has 0 unspecified atom stereocenters. The number of hydrogen-bond donors (Lipinski definition) is 1. The van der Waals surface area contributed by atoms with Crippen molar-refractivity contribution in [1.82, 2.24) is 14.5 Å². The summed E-state index contributed by atoms with van der Waals surface area (Å²) >= 11 is 11.9. The van der Waals surface area contributed by atoms with Gasteiger partial charge in [-0.1, -0.05) is 53.5 Å². The number of fused-ring (bicyclic) bond motifs is 1. The van der Waals surface area contributed by atoms with Crippen molar-refractivity contribution in [2.75, 3.05) is 0 Å². The number of para-hydroxylation sites is 1. The zero-order valence-corrected chi connectivity index (χ0v) is 18.7. The Morgan fingerprint density at radius 1 is 0.939 bits per heavy atom. The molecule has 168 valence electrons. The highest BCUT2D eigenvalue weighted by Crippen LogP contribution is 2.17. The van der Waals surface area contributed by atoms with Crippen LogP contribution in [0.3, 0.4) is 0 Å². The van der Waals surface area contributed by atoms with E-state index in [2.05, 4.69) is 5.32 Å². The fourth-order valence-electron chi connectivity index (χ4n) is 3.49. The topological polar surface area (TPSA) is 73.1 Å². The monoisotopic (exact) mass is 485 g/mol. The third-order valence-corrected chi connectivity index (χ3v) is 5.78. The third kappa shape index (κ3) is 4.99. The van der Waals surface area contributed by atoms with Crippen LogP contribution in [0, 0.1) is 5.82 Å². The molecule has 4 aromatic rings. The van der Waals surface area contributed by atoms with E-state index in [1.807, 2.05) is 0 Å². The minimum absolute atomic E-state index is 0.0342. The summed E-state index contributed by atoms with van der Waals surface area (Å²) in [6.45, 7) is -0.208. The Labute approximate surface area is 197 Å². The average Bonchev–Trinajstić information content (AvgIpc) is 2.80. The summed E-state index contributed by atoms with van der Waals surface area (Å²) in [5, 5.41) is 3.73. The van der Waals surface area contributed by atoms with Gasteiger partial charge in [0.25, 0.3) is 5.56 Å². The fraction of sp³-hybridized carbons (Fsp3) is 0.125. The molecule has 1 aromatic heterocycles. The van der Waals surface area contributed by atoms with E-state index in [1.54, 1.807) is 48.5 Å². The first-order chi connectivity index (χ1) is 15.8. The summed E-state index contributed by atoms with van der Waals surface area (Å²) in [5.74, 6) is -0.935. The van der Waals surface area contributed by atoms with Crippen molar-refractivity contribution in [1.29, 1.82) is 0 Å². The van der Waals surface area contributed by atoms with Crippen molar-refractivity contribution in [3.63, 3.8) is 0 Å². The number of benzene rings is 3. The first kappa shape index (κ1) is 22.8. The minimum atomic E-state index is -0.608. The van der Waals surface area contributed by atoms with E-state index < -0.39 is 23.0 Å². The van der Waals surface area contributed by atoms with E-state index in [1.165, 1.54) is 16.7 Å². The van der Waals surface area contributed by atoms with Crippen LogP contribution in [0.1, 0.15) is 11.1 Å². The van der Waals surface area contributed by atoms with Crippen molar-refractivity contribution in [3.8, 4) is 0 Å². The molecule has 0 radical (unpaired) electrons. The second kappa shape index (κ2) is 9.60. The normalized spacial score (nSPS) is 11.0. The molecular weight excluding hydrogens is 468 g/mol. The van der Waals surface area contributed by atoms with Gasteiger partial charge in [-0.2, -0.15) is 0 Å². The Morgan fingerprint density at radius 3 is 2.39 bits per heavy atom. The molecule has 1 N–H and O–H groups in total. The van der Waals surface area contributed by atoms with E-state index in [0.717, 1.165) is 16.2 Å². The van der Waals surface area contributed by atoms with E-state index in [4.69, 9.17) is 23.2 Å². The average molecular weight is 486 g/mol. The van der Waals surface area contributed by atoms with Gasteiger partial charge in [0, 0.05) is 16.6 Å². The number of hydrogen-bond acceptors (Lipinski definition) is 3. The number of rotatable bonds is 6. The molecule has 4 rings (SSSR count). The van der Waals surface area contributed by atoms with Gasteiger partial charge in [0.1, 0.15) is 12.4 Å². The number of amides is 1.